The Hall–Kier alpha value is -1.57. The predicted molar refractivity (Wildman–Crippen MR) is 103 cm³/mol. The van der Waals surface area contributed by atoms with Crippen molar-refractivity contribution in [1.29, 1.82) is 0 Å². The molecule has 1 unspecified atom stereocenters. The Balaban J connectivity index is 2.35. The van der Waals surface area contributed by atoms with Gasteiger partial charge in [0.05, 0.1) is 13.3 Å². The first-order valence-corrected chi connectivity index (χ1v) is 9.58. The molecule has 0 amide bonds. The van der Waals surface area contributed by atoms with E-state index in [9.17, 15) is 5.11 Å². The number of rotatable bonds is 3. The van der Waals surface area contributed by atoms with Crippen LogP contribution in [0.3, 0.4) is 0 Å². The molecule has 3 rings (SSSR count). The summed E-state index contributed by atoms with van der Waals surface area (Å²) in [5, 5.41) is 12.8. The summed E-state index contributed by atoms with van der Waals surface area (Å²) in [5.41, 5.74) is 4.12. The van der Waals surface area contributed by atoms with Gasteiger partial charge in [0, 0.05) is 5.56 Å². The van der Waals surface area contributed by atoms with E-state index in [1.54, 1.807) is 0 Å². The Morgan fingerprint density at radius 2 is 1.65 bits per heavy atom. The van der Waals surface area contributed by atoms with Crippen LogP contribution in [-0.2, 0) is 0 Å². The van der Waals surface area contributed by atoms with E-state index in [1.165, 1.54) is 0 Å². The van der Waals surface area contributed by atoms with Crippen molar-refractivity contribution in [3.8, 4) is 22.6 Å². The number of phenolic OH excluding ortho intramolecular Hbond substituents is 1. The van der Waals surface area contributed by atoms with E-state index in [0.29, 0.717) is 13.3 Å². The molecule has 4 heteroatoms. The lowest BCUT2D eigenvalue weighted by molar-refractivity contribution is 0.474. The van der Waals surface area contributed by atoms with Gasteiger partial charge < -0.3 is 9.63 Å². The summed E-state index contributed by atoms with van der Waals surface area (Å²) in [4.78, 5) is 0. The molecule has 23 heavy (non-hydrogen) atoms. The molecule has 3 aromatic rings. The minimum Gasteiger partial charge on any atom is -0.506 e. The number of halogens is 1. The highest BCUT2D eigenvalue weighted by molar-refractivity contribution is 9.10. The van der Waals surface area contributed by atoms with Gasteiger partial charge in [-0.1, -0.05) is 24.3 Å². The summed E-state index contributed by atoms with van der Waals surface area (Å²) in [6.07, 6.45) is 0. The summed E-state index contributed by atoms with van der Waals surface area (Å²) >= 11 is 3.48. The maximum absolute atomic E-state index is 10.7. The molecule has 1 atom stereocenters. The van der Waals surface area contributed by atoms with Gasteiger partial charge in [-0.25, -0.2) is 0 Å². The first-order chi connectivity index (χ1) is 11.0. The number of fused-ring (bicyclic) bond motifs is 1. The summed E-state index contributed by atoms with van der Waals surface area (Å²) in [6, 6.07) is 14.1. The van der Waals surface area contributed by atoms with Crippen LogP contribution in [0, 0.1) is 13.8 Å². The van der Waals surface area contributed by atoms with Gasteiger partial charge in [-0.2, -0.15) is 0 Å². The summed E-state index contributed by atoms with van der Waals surface area (Å²) in [5.74, 6) is 1.16. The van der Waals surface area contributed by atoms with Crippen molar-refractivity contribution in [2.75, 3.05) is 6.66 Å². The molecule has 2 nitrogen and oxygen atoms in total. The summed E-state index contributed by atoms with van der Waals surface area (Å²) < 4.78 is 6.36. The minimum absolute atomic E-state index is 0.279. The number of benzene rings is 3. The quantitative estimate of drug-likeness (QED) is 0.541. The number of aryl methyl sites for hydroxylation is 2. The van der Waals surface area contributed by atoms with Crippen molar-refractivity contribution in [3.63, 3.8) is 0 Å². The molecule has 0 aliphatic heterocycles. The van der Waals surface area contributed by atoms with Gasteiger partial charge >= 0.3 is 0 Å². The van der Waals surface area contributed by atoms with E-state index in [4.69, 9.17) is 4.52 Å². The van der Waals surface area contributed by atoms with Crippen molar-refractivity contribution in [2.45, 2.75) is 13.8 Å². The second-order valence-corrected chi connectivity index (χ2v) is 7.01. The lowest BCUT2D eigenvalue weighted by atomic mass is 9.91. The topological polar surface area (TPSA) is 29.5 Å². The molecule has 0 aromatic heterocycles. The highest BCUT2D eigenvalue weighted by Crippen LogP contribution is 2.44. The molecule has 0 saturated carbocycles. The lowest BCUT2D eigenvalue weighted by Crippen LogP contribution is -1.93. The fourth-order valence-electron chi connectivity index (χ4n) is 3.05. The first-order valence-electron chi connectivity index (χ1n) is 7.38. The smallest absolute Gasteiger partial charge is 0.138 e. The molecule has 118 valence electrons. The van der Waals surface area contributed by atoms with Gasteiger partial charge in [0.1, 0.15) is 11.5 Å². The van der Waals surface area contributed by atoms with Crippen LogP contribution >= 0.6 is 24.7 Å². The van der Waals surface area contributed by atoms with Crippen molar-refractivity contribution in [1.82, 2.24) is 0 Å². The highest BCUT2D eigenvalue weighted by atomic mass is 79.9. The maximum Gasteiger partial charge on any atom is 0.138 e. The third-order valence-electron chi connectivity index (χ3n) is 3.95. The molecule has 0 heterocycles. The van der Waals surface area contributed by atoms with Crippen LogP contribution in [0.4, 0.5) is 0 Å². The Morgan fingerprint density at radius 3 is 2.30 bits per heavy atom. The third kappa shape index (κ3) is 2.96. The average molecular weight is 389 g/mol. The van der Waals surface area contributed by atoms with E-state index in [-0.39, 0.29) is 5.75 Å². The van der Waals surface area contributed by atoms with Gasteiger partial charge in [0.15, 0.2) is 0 Å². The first kappa shape index (κ1) is 16.3. The second-order valence-electron chi connectivity index (χ2n) is 5.54. The molecule has 0 bridgehead atoms. The van der Waals surface area contributed by atoms with Crippen molar-refractivity contribution in [3.05, 3.63) is 58.1 Å². The van der Waals surface area contributed by atoms with Gasteiger partial charge in [-0.15, -0.1) is 0 Å². The van der Waals surface area contributed by atoms with Gasteiger partial charge in [-0.3, -0.25) is 0 Å². The molecule has 0 fully saturated rings. The Bertz CT molecular complexity index is 867. The zero-order valence-electron chi connectivity index (χ0n) is 13.3. The van der Waals surface area contributed by atoms with Crippen LogP contribution in [0.5, 0.6) is 11.5 Å². The number of hydrogen-bond donors (Lipinski definition) is 1. The van der Waals surface area contributed by atoms with Gasteiger partial charge in [0.25, 0.3) is 0 Å². The van der Waals surface area contributed by atoms with E-state index in [1.807, 2.05) is 43.1 Å². The summed E-state index contributed by atoms with van der Waals surface area (Å²) in [6.45, 7) is 6.12. The van der Waals surface area contributed by atoms with Crippen LogP contribution in [0.1, 0.15) is 11.1 Å². The van der Waals surface area contributed by atoms with Gasteiger partial charge in [-0.05, 0) is 82.1 Å². The van der Waals surface area contributed by atoms with E-state index >= 15 is 0 Å². The molecule has 3 aromatic carbocycles. The predicted octanol–water partition coefficient (Wildman–Crippen LogP) is 6.19. The minimum atomic E-state index is 0.279. The highest BCUT2D eigenvalue weighted by Gasteiger charge is 2.17. The van der Waals surface area contributed by atoms with Crippen LogP contribution in [0.2, 0.25) is 0 Å². The van der Waals surface area contributed by atoms with Crippen LogP contribution < -0.4 is 4.52 Å². The summed E-state index contributed by atoms with van der Waals surface area (Å²) in [7, 11) is 0.415. The third-order valence-corrected chi connectivity index (χ3v) is 5.00. The average Bonchev–Trinajstić information content (AvgIpc) is 2.50. The normalized spacial score (nSPS) is 11.5. The lowest BCUT2D eigenvalue weighted by Gasteiger charge is -2.17. The van der Waals surface area contributed by atoms with Gasteiger partial charge in [0.2, 0.25) is 0 Å². The Kier molecular flexibility index (Phi) is 4.61. The molecule has 0 spiro atoms. The largest absolute Gasteiger partial charge is 0.506 e. The Morgan fingerprint density at radius 1 is 1.00 bits per heavy atom. The maximum atomic E-state index is 10.7. The molecule has 0 aliphatic rings. The second kappa shape index (κ2) is 6.51. The molecule has 1 N–H and O–H groups in total. The Labute approximate surface area is 146 Å². The number of hydrogen-bond acceptors (Lipinski definition) is 2. The zero-order chi connectivity index (χ0) is 16.6. The van der Waals surface area contributed by atoms with Crippen LogP contribution in [-0.4, -0.2) is 11.8 Å². The van der Waals surface area contributed by atoms with Crippen molar-refractivity contribution in [2.24, 2.45) is 0 Å². The van der Waals surface area contributed by atoms with Crippen LogP contribution in [0.25, 0.3) is 21.9 Å². The number of phenols is 1. The zero-order valence-corrected chi connectivity index (χ0v) is 15.9. The fourth-order valence-corrected chi connectivity index (χ4v) is 3.85. The van der Waals surface area contributed by atoms with E-state index in [2.05, 4.69) is 35.8 Å². The molecular formula is C19H18BrO2P. The monoisotopic (exact) mass is 388 g/mol. The van der Waals surface area contributed by atoms with E-state index < -0.39 is 0 Å². The fraction of sp³-hybridized carbons (Fsp3) is 0.158. The molecule has 0 saturated heterocycles. The van der Waals surface area contributed by atoms with Crippen molar-refractivity contribution < 1.29 is 9.63 Å². The number of aromatic hydroxyl groups is 1. The standard InChI is InChI=1S/C19H18BrO2P/c1-11-8-14(22-23-3)9-12(2)17(11)18-15-7-5-4-6-13(15)10-16(20)19(18)21/h4-10,21,23H,1-3H3. The van der Waals surface area contributed by atoms with Crippen molar-refractivity contribution >= 4 is 35.5 Å². The van der Waals surface area contributed by atoms with E-state index in [0.717, 1.165) is 38.8 Å². The molecule has 0 radical (unpaired) electrons. The molecule has 0 aliphatic carbocycles. The SMILES string of the molecule is CPOc1cc(C)c(-c2c(O)c(Br)cc3ccccc23)c(C)c1. The van der Waals surface area contributed by atoms with Crippen LogP contribution in [0.15, 0.2) is 46.9 Å². The molecular weight excluding hydrogens is 371 g/mol.